The molecule has 2 bridgehead atoms. The molecule has 5 rings (SSSR count). The summed E-state index contributed by atoms with van der Waals surface area (Å²) in [6.45, 7) is 4.95. The van der Waals surface area contributed by atoms with Gasteiger partial charge in [-0.05, 0) is 37.0 Å². The normalized spacial score (nSPS) is 32.9. The van der Waals surface area contributed by atoms with Gasteiger partial charge in [-0.3, -0.25) is 4.90 Å². The van der Waals surface area contributed by atoms with Crippen molar-refractivity contribution in [2.45, 2.75) is 50.9 Å². The molecule has 0 amide bonds. The predicted octanol–water partition coefficient (Wildman–Crippen LogP) is 2.86. The van der Waals surface area contributed by atoms with E-state index in [1.807, 2.05) is 24.0 Å². The molecule has 2 fully saturated rings. The van der Waals surface area contributed by atoms with Crippen LogP contribution in [0.25, 0.3) is 0 Å². The number of nitrogens with zero attached hydrogens (tertiary/aromatic N) is 3. The van der Waals surface area contributed by atoms with Gasteiger partial charge in [-0.2, -0.15) is 0 Å². The Hall–Kier alpha value is -1.85. The van der Waals surface area contributed by atoms with Gasteiger partial charge in [0.05, 0.1) is 0 Å². The number of likely N-dealkylation sites (tertiary alicyclic amines) is 1. The Bertz CT molecular complexity index is 832. The summed E-state index contributed by atoms with van der Waals surface area (Å²) in [4.78, 5) is 7.06. The van der Waals surface area contributed by atoms with Gasteiger partial charge < -0.3 is 14.4 Å². The van der Waals surface area contributed by atoms with Gasteiger partial charge in [0.25, 0.3) is 0 Å². The van der Waals surface area contributed by atoms with E-state index in [1.165, 1.54) is 17.5 Å². The van der Waals surface area contributed by atoms with Crippen molar-refractivity contribution >= 4 is 0 Å². The summed E-state index contributed by atoms with van der Waals surface area (Å²) >= 11 is 0. The summed E-state index contributed by atoms with van der Waals surface area (Å²) in [6, 6.07) is 6.64. The first-order valence-corrected chi connectivity index (χ1v) is 10.2. The Morgan fingerprint density at radius 1 is 1.26 bits per heavy atom. The average Bonchev–Trinajstić information content (AvgIpc) is 3.20. The SMILES string of the molecule is C[C@@H]1Cc2cc(CN3C[C@H]4CCC[C@@H](C3)C4(O)c3nccn3C)ccc2O1. The largest absolute Gasteiger partial charge is 0.490 e. The molecule has 1 N–H and O–H groups in total. The van der Waals surface area contributed by atoms with E-state index >= 15 is 0 Å². The van der Waals surface area contributed by atoms with E-state index in [0.29, 0.717) is 0 Å². The van der Waals surface area contributed by atoms with Gasteiger partial charge in [0.15, 0.2) is 0 Å². The van der Waals surface area contributed by atoms with Crippen LogP contribution in [0, 0.1) is 11.8 Å². The molecule has 2 aliphatic heterocycles. The van der Waals surface area contributed by atoms with Gasteiger partial charge in [0, 0.05) is 57.3 Å². The molecule has 1 saturated carbocycles. The lowest BCUT2D eigenvalue weighted by molar-refractivity contribution is -0.155. The van der Waals surface area contributed by atoms with Crippen LogP contribution in [-0.2, 0) is 25.6 Å². The molecule has 1 saturated heterocycles. The van der Waals surface area contributed by atoms with Crippen molar-refractivity contribution in [1.29, 1.82) is 0 Å². The Morgan fingerprint density at radius 3 is 2.74 bits per heavy atom. The molecule has 1 aromatic heterocycles. The summed E-state index contributed by atoms with van der Waals surface area (Å²) in [5.41, 5.74) is 1.91. The molecule has 5 nitrogen and oxygen atoms in total. The van der Waals surface area contributed by atoms with Crippen LogP contribution in [0.5, 0.6) is 5.75 Å². The van der Waals surface area contributed by atoms with Crippen LogP contribution in [0.1, 0.15) is 43.1 Å². The summed E-state index contributed by atoms with van der Waals surface area (Å²) in [6.07, 6.45) is 8.42. The van der Waals surface area contributed by atoms with E-state index < -0.39 is 5.60 Å². The van der Waals surface area contributed by atoms with E-state index in [9.17, 15) is 5.11 Å². The Kier molecular flexibility index (Phi) is 4.06. The lowest BCUT2D eigenvalue weighted by atomic mass is 9.65. The lowest BCUT2D eigenvalue weighted by Crippen LogP contribution is -2.58. The fourth-order valence-corrected chi connectivity index (χ4v) is 5.62. The second kappa shape index (κ2) is 6.35. The third kappa shape index (κ3) is 2.79. The van der Waals surface area contributed by atoms with Crippen LogP contribution < -0.4 is 4.74 Å². The first-order valence-electron chi connectivity index (χ1n) is 10.2. The first-order chi connectivity index (χ1) is 13.0. The molecule has 27 heavy (non-hydrogen) atoms. The summed E-state index contributed by atoms with van der Waals surface area (Å²) < 4.78 is 7.84. The van der Waals surface area contributed by atoms with E-state index in [0.717, 1.165) is 50.5 Å². The van der Waals surface area contributed by atoms with Crippen LogP contribution in [-0.4, -0.2) is 38.8 Å². The molecule has 1 unspecified atom stereocenters. The van der Waals surface area contributed by atoms with E-state index in [-0.39, 0.29) is 17.9 Å². The zero-order chi connectivity index (χ0) is 18.6. The maximum absolute atomic E-state index is 11.7. The molecule has 144 valence electrons. The van der Waals surface area contributed by atoms with Crippen molar-refractivity contribution in [2.75, 3.05) is 13.1 Å². The smallest absolute Gasteiger partial charge is 0.141 e. The number of benzene rings is 1. The van der Waals surface area contributed by atoms with Gasteiger partial charge in [0.1, 0.15) is 23.3 Å². The third-order valence-electron chi connectivity index (χ3n) is 6.85. The molecule has 3 heterocycles. The second-order valence-electron chi connectivity index (χ2n) is 8.78. The fraction of sp³-hybridized carbons (Fsp3) is 0.591. The number of aromatic nitrogens is 2. The number of fused-ring (bicyclic) bond motifs is 3. The second-order valence-corrected chi connectivity index (χ2v) is 8.78. The van der Waals surface area contributed by atoms with Crippen LogP contribution >= 0.6 is 0 Å². The highest BCUT2D eigenvalue weighted by Gasteiger charge is 2.53. The number of ether oxygens (including phenoxy) is 1. The maximum atomic E-state index is 11.7. The number of hydrogen-bond acceptors (Lipinski definition) is 4. The van der Waals surface area contributed by atoms with Crippen molar-refractivity contribution < 1.29 is 9.84 Å². The van der Waals surface area contributed by atoms with Crippen LogP contribution in [0.3, 0.4) is 0 Å². The van der Waals surface area contributed by atoms with Gasteiger partial charge in [-0.15, -0.1) is 0 Å². The quantitative estimate of drug-likeness (QED) is 0.906. The molecule has 1 aromatic carbocycles. The minimum atomic E-state index is -0.784. The molecular formula is C22H29N3O2. The average molecular weight is 367 g/mol. The van der Waals surface area contributed by atoms with Crippen LogP contribution in [0.4, 0.5) is 0 Å². The fourth-order valence-electron chi connectivity index (χ4n) is 5.62. The summed E-state index contributed by atoms with van der Waals surface area (Å²) in [5.74, 6) is 2.40. The van der Waals surface area contributed by atoms with Crippen LogP contribution in [0.15, 0.2) is 30.6 Å². The van der Waals surface area contributed by atoms with Gasteiger partial charge in [0.2, 0.25) is 0 Å². The number of imidazole rings is 1. The van der Waals surface area contributed by atoms with Crippen molar-refractivity contribution in [1.82, 2.24) is 14.5 Å². The maximum Gasteiger partial charge on any atom is 0.141 e. The number of aryl methyl sites for hydroxylation is 1. The topological polar surface area (TPSA) is 50.5 Å². The van der Waals surface area contributed by atoms with E-state index in [1.54, 1.807) is 0 Å². The highest BCUT2D eigenvalue weighted by atomic mass is 16.5. The van der Waals surface area contributed by atoms with Crippen molar-refractivity contribution in [2.24, 2.45) is 18.9 Å². The molecule has 2 aromatic rings. The Labute approximate surface area is 161 Å². The van der Waals surface area contributed by atoms with Crippen molar-refractivity contribution in [3.8, 4) is 5.75 Å². The number of rotatable bonds is 3. The summed E-state index contributed by atoms with van der Waals surface area (Å²) in [5, 5.41) is 11.7. The number of aliphatic hydroxyl groups is 1. The minimum absolute atomic E-state index is 0.254. The Morgan fingerprint density at radius 2 is 2.04 bits per heavy atom. The molecule has 0 spiro atoms. The number of piperidine rings is 1. The van der Waals surface area contributed by atoms with Gasteiger partial charge in [-0.1, -0.05) is 18.6 Å². The van der Waals surface area contributed by atoms with Crippen molar-refractivity contribution in [3.63, 3.8) is 0 Å². The van der Waals surface area contributed by atoms with Gasteiger partial charge in [-0.25, -0.2) is 4.98 Å². The third-order valence-corrected chi connectivity index (χ3v) is 6.85. The highest BCUT2D eigenvalue weighted by Crippen LogP contribution is 2.48. The summed E-state index contributed by atoms with van der Waals surface area (Å²) in [7, 11) is 2.00. The highest BCUT2D eigenvalue weighted by molar-refractivity contribution is 5.40. The zero-order valence-corrected chi connectivity index (χ0v) is 16.3. The van der Waals surface area contributed by atoms with E-state index in [4.69, 9.17) is 4.74 Å². The predicted molar refractivity (Wildman–Crippen MR) is 103 cm³/mol. The molecule has 3 aliphatic rings. The molecule has 4 atom stereocenters. The molecule has 5 heteroatoms. The lowest BCUT2D eigenvalue weighted by Gasteiger charge is -2.52. The van der Waals surface area contributed by atoms with Gasteiger partial charge >= 0.3 is 0 Å². The zero-order valence-electron chi connectivity index (χ0n) is 16.3. The molecular weight excluding hydrogens is 338 g/mol. The molecule has 1 aliphatic carbocycles. The first kappa shape index (κ1) is 17.3. The monoisotopic (exact) mass is 367 g/mol. The minimum Gasteiger partial charge on any atom is -0.490 e. The van der Waals surface area contributed by atoms with E-state index in [2.05, 4.69) is 35.0 Å². The Balaban J connectivity index is 1.36. The molecule has 0 radical (unpaired) electrons. The van der Waals surface area contributed by atoms with Crippen LogP contribution in [0.2, 0.25) is 0 Å². The van der Waals surface area contributed by atoms with Crippen molar-refractivity contribution in [3.05, 3.63) is 47.5 Å². The standard InChI is InChI=1S/C22H29N3O2/c1-15-10-17-11-16(6-7-20(17)27-15)12-25-13-18-4-3-5-19(14-25)22(18,26)21-23-8-9-24(21)2/h6-9,11,15,18-19,26H,3-5,10,12-14H2,1-2H3/t15-,18-,19+,22?/m1/s1. The number of hydrogen-bond donors (Lipinski definition) is 1.